The summed E-state index contributed by atoms with van der Waals surface area (Å²) in [5.41, 5.74) is 0. The van der Waals surface area contributed by atoms with E-state index in [1.54, 1.807) is 0 Å². The molecule has 380 valence electrons. The van der Waals surface area contributed by atoms with Crippen LogP contribution < -0.4 is 0 Å². The van der Waals surface area contributed by atoms with Crippen molar-refractivity contribution in [2.45, 2.75) is 341 Å². The van der Waals surface area contributed by atoms with E-state index in [9.17, 15) is 14.4 Å². The van der Waals surface area contributed by atoms with E-state index >= 15 is 0 Å². The largest absolute Gasteiger partial charge is 0.462 e. The van der Waals surface area contributed by atoms with E-state index < -0.39 is 6.10 Å². The third kappa shape index (κ3) is 51.4. The number of carbonyl (C=O) groups excluding carboxylic acids is 3. The van der Waals surface area contributed by atoms with Gasteiger partial charge in [0.1, 0.15) is 13.2 Å². The van der Waals surface area contributed by atoms with Crippen LogP contribution in [0, 0.1) is 0 Å². The van der Waals surface area contributed by atoms with Gasteiger partial charge in [0, 0.05) is 19.3 Å². The molecule has 0 aromatic carbocycles. The Morgan fingerprint density at radius 2 is 0.422 bits per heavy atom. The predicted molar refractivity (Wildman–Crippen MR) is 275 cm³/mol. The van der Waals surface area contributed by atoms with Crippen molar-refractivity contribution in [3.05, 3.63) is 0 Å². The van der Waals surface area contributed by atoms with Gasteiger partial charge in [-0.05, 0) is 19.3 Å². The van der Waals surface area contributed by atoms with Gasteiger partial charge in [0.2, 0.25) is 0 Å². The topological polar surface area (TPSA) is 78.9 Å². The van der Waals surface area contributed by atoms with Crippen molar-refractivity contribution in [1.29, 1.82) is 0 Å². The lowest BCUT2D eigenvalue weighted by molar-refractivity contribution is -0.167. The molecule has 0 unspecified atom stereocenters. The average Bonchev–Trinajstić information content (AvgIpc) is 3.29. The number of hydrogen-bond donors (Lipinski definition) is 0. The molecule has 1 atom stereocenters. The first kappa shape index (κ1) is 62.4. The number of hydrogen-bond acceptors (Lipinski definition) is 6. The van der Waals surface area contributed by atoms with Gasteiger partial charge < -0.3 is 14.2 Å². The van der Waals surface area contributed by atoms with Crippen LogP contribution in [0.4, 0.5) is 0 Å². The van der Waals surface area contributed by atoms with E-state index in [4.69, 9.17) is 14.2 Å². The number of unbranched alkanes of at least 4 members (excludes halogenated alkanes) is 43. The highest BCUT2D eigenvalue weighted by molar-refractivity contribution is 5.71. The number of carbonyl (C=O) groups is 3. The summed E-state index contributed by atoms with van der Waals surface area (Å²) in [4.78, 5) is 38.1. The van der Waals surface area contributed by atoms with Crippen molar-refractivity contribution in [3.8, 4) is 0 Å². The summed E-state index contributed by atoms with van der Waals surface area (Å²) in [5, 5.41) is 0. The lowest BCUT2D eigenvalue weighted by atomic mass is 10.0. The first-order valence-electron chi connectivity index (χ1n) is 29.0. The number of ether oxygens (including phenoxy) is 3. The van der Waals surface area contributed by atoms with Gasteiger partial charge in [-0.3, -0.25) is 14.4 Å². The molecule has 0 aliphatic rings. The third-order valence-corrected chi connectivity index (χ3v) is 13.4. The van der Waals surface area contributed by atoms with Crippen LogP contribution in [-0.4, -0.2) is 37.2 Å². The molecule has 0 radical (unpaired) electrons. The zero-order valence-corrected chi connectivity index (χ0v) is 43.6. The molecule has 0 spiro atoms. The maximum Gasteiger partial charge on any atom is 0.306 e. The van der Waals surface area contributed by atoms with Crippen molar-refractivity contribution in [1.82, 2.24) is 0 Å². The van der Waals surface area contributed by atoms with Gasteiger partial charge in [-0.25, -0.2) is 0 Å². The molecule has 0 bridgehead atoms. The van der Waals surface area contributed by atoms with Crippen molar-refractivity contribution >= 4 is 17.9 Å². The molecule has 64 heavy (non-hydrogen) atoms. The molecular weight excluding hydrogens is 793 g/mol. The van der Waals surface area contributed by atoms with Gasteiger partial charge in [0.15, 0.2) is 6.10 Å². The Morgan fingerprint density at radius 3 is 0.625 bits per heavy atom. The fourth-order valence-corrected chi connectivity index (χ4v) is 8.98. The van der Waals surface area contributed by atoms with Crippen molar-refractivity contribution in [3.63, 3.8) is 0 Å². The smallest absolute Gasteiger partial charge is 0.306 e. The number of esters is 3. The van der Waals surface area contributed by atoms with Crippen LogP contribution in [-0.2, 0) is 28.6 Å². The highest BCUT2D eigenvalue weighted by atomic mass is 16.6. The van der Waals surface area contributed by atoms with Crippen LogP contribution in [0.25, 0.3) is 0 Å². The molecule has 0 amide bonds. The minimum absolute atomic E-state index is 0.0612. The second kappa shape index (κ2) is 54.0. The van der Waals surface area contributed by atoms with Crippen LogP contribution in [0.5, 0.6) is 0 Å². The Labute approximate surface area is 399 Å². The fraction of sp³-hybridized carbons (Fsp3) is 0.948. The SMILES string of the molecule is CCCCCCCCCCCCCCCCCCCCC(=O)OC[C@@H](COC(=O)CCCCCCCCCCCCCCCCCCC)OC(=O)CCCCCCCCCCCCC. The Balaban J connectivity index is 4.23. The summed E-state index contributed by atoms with van der Waals surface area (Å²) in [6.07, 6.45) is 59.5. The highest BCUT2D eigenvalue weighted by Crippen LogP contribution is 2.18. The summed E-state index contributed by atoms with van der Waals surface area (Å²) < 4.78 is 16.9. The first-order valence-corrected chi connectivity index (χ1v) is 29.0. The van der Waals surface area contributed by atoms with Crippen molar-refractivity contribution < 1.29 is 28.6 Å². The Morgan fingerprint density at radius 1 is 0.250 bits per heavy atom. The standard InChI is InChI=1S/C58H112O6/c1-4-7-10-13-16-19-22-24-26-28-30-32-34-37-39-42-45-48-51-57(60)63-54-55(64-58(61)52-49-46-43-40-35-21-18-15-12-9-6-3)53-62-56(59)50-47-44-41-38-36-33-31-29-27-25-23-20-17-14-11-8-5-2/h55H,4-54H2,1-3H3/t55-/m1/s1. The maximum absolute atomic E-state index is 12.8. The van der Waals surface area contributed by atoms with E-state index in [0.717, 1.165) is 57.8 Å². The van der Waals surface area contributed by atoms with E-state index in [1.807, 2.05) is 0 Å². The lowest BCUT2D eigenvalue weighted by Gasteiger charge is -2.18. The molecule has 0 aromatic rings. The summed E-state index contributed by atoms with van der Waals surface area (Å²) in [6, 6.07) is 0. The normalized spacial score (nSPS) is 11.9. The van der Waals surface area contributed by atoms with Gasteiger partial charge in [0.25, 0.3) is 0 Å². The van der Waals surface area contributed by atoms with Gasteiger partial charge in [0.05, 0.1) is 0 Å². The quantitative estimate of drug-likeness (QED) is 0.0344. The summed E-state index contributed by atoms with van der Waals surface area (Å²) in [6.45, 7) is 6.70. The van der Waals surface area contributed by atoms with Gasteiger partial charge in [-0.1, -0.05) is 297 Å². The minimum Gasteiger partial charge on any atom is -0.462 e. The van der Waals surface area contributed by atoms with Crippen LogP contribution in [0.15, 0.2) is 0 Å². The molecule has 0 rings (SSSR count). The van der Waals surface area contributed by atoms with Crippen molar-refractivity contribution in [2.75, 3.05) is 13.2 Å². The van der Waals surface area contributed by atoms with E-state index in [1.165, 1.54) is 238 Å². The monoisotopic (exact) mass is 905 g/mol. The zero-order valence-electron chi connectivity index (χ0n) is 43.6. The minimum atomic E-state index is -0.760. The van der Waals surface area contributed by atoms with Gasteiger partial charge in [-0.2, -0.15) is 0 Å². The first-order chi connectivity index (χ1) is 31.5. The fourth-order valence-electron chi connectivity index (χ4n) is 8.98. The summed E-state index contributed by atoms with van der Waals surface area (Å²) in [5.74, 6) is -0.833. The van der Waals surface area contributed by atoms with E-state index in [-0.39, 0.29) is 31.1 Å². The molecule has 0 aromatic heterocycles. The van der Waals surface area contributed by atoms with Gasteiger partial charge >= 0.3 is 17.9 Å². The average molecular weight is 906 g/mol. The predicted octanol–water partition coefficient (Wildman–Crippen LogP) is 19.2. The summed E-state index contributed by atoms with van der Waals surface area (Å²) >= 11 is 0. The molecule has 6 nitrogen and oxygen atoms in total. The van der Waals surface area contributed by atoms with Crippen LogP contribution in [0.3, 0.4) is 0 Å². The highest BCUT2D eigenvalue weighted by Gasteiger charge is 2.19. The molecule has 6 heteroatoms. The Bertz CT molecular complexity index is 951. The van der Waals surface area contributed by atoms with E-state index in [0.29, 0.717) is 19.3 Å². The van der Waals surface area contributed by atoms with Crippen molar-refractivity contribution in [2.24, 2.45) is 0 Å². The molecular formula is C58H112O6. The molecule has 0 fully saturated rings. The molecule has 0 aliphatic carbocycles. The second-order valence-electron chi connectivity index (χ2n) is 19.9. The van der Waals surface area contributed by atoms with Gasteiger partial charge in [-0.15, -0.1) is 0 Å². The molecule has 0 heterocycles. The van der Waals surface area contributed by atoms with Crippen LogP contribution in [0.2, 0.25) is 0 Å². The zero-order chi connectivity index (χ0) is 46.5. The maximum atomic E-state index is 12.8. The molecule has 0 N–H and O–H groups in total. The summed E-state index contributed by atoms with van der Waals surface area (Å²) in [7, 11) is 0. The number of rotatable bonds is 54. The lowest BCUT2D eigenvalue weighted by Crippen LogP contribution is -2.30. The molecule has 0 aliphatic heterocycles. The third-order valence-electron chi connectivity index (χ3n) is 13.4. The Kier molecular flexibility index (Phi) is 52.7. The second-order valence-corrected chi connectivity index (χ2v) is 19.9. The molecule has 0 saturated heterocycles. The Hall–Kier alpha value is -1.59. The van der Waals surface area contributed by atoms with Crippen LogP contribution in [0.1, 0.15) is 335 Å². The van der Waals surface area contributed by atoms with Crippen LogP contribution >= 0.6 is 0 Å². The molecule has 0 saturated carbocycles. The van der Waals surface area contributed by atoms with E-state index in [2.05, 4.69) is 20.8 Å².